The van der Waals surface area contributed by atoms with Crippen LogP contribution in [0.2, 0.25) is 0 Å². The molecule has 5 heteroatoms. The third-order valence-electron chi connectivity index (χ3n) is 11.1. The minimum Gasteiger partial charge on any atom is -0.507 e. The van der Waals surface area contributed by atoms with E-state index < -0.39 is 0 Å². The number of pyridine rings is 3. The number of hydrogen-bond acceptors (Lipinski definition) is 4. The lowest BCUT2D eigenvalue weighted by atomic mass is 9.79. The number of benzene rings is 5. The lowest BCUT2D eigenvalue weighted by Gasteiger charge is -2.26. The Bertz CT molecular complexity index is 2950. The van der Waals surface area contributed by atoms with Crippen LogP contribution in [0.25, 0.3) is 83.6 Å². The van der Waals surface area contributed by atoms with Crippen molar-refractivity contribution in [2.45, 2.75) is 52.4 Å². The summed E-state index contributed by atoms with van der Waals surface area (Å²) in [6.45, 7) is 13.6. The van der Waals surface area contributed by atoms with Crippen molar-refractivity contribution in [3.63, 3.8) is 0 Å². The summed E-state index contributed by atoms with van der Waals surface area (Å²) in [5.41, 5.74) is 15.1. The highest BCUT2D eigenvalue weighted by Gasteiger charge is 2.22. The van der Waals surface area contributed by atoms with Crippen molar-refractivity contribution in [2.75, 3.05) is 0 Å². The fourth-order valence-electron chi connectivity index (χ4n) is 7.80. The van der Waals surface area contributed by atoms with Crippen molar-refractivity contribution >= 4 is 21.9 Å². The van der Waals surface area contributed by atoms with Gasteiger partial charge in [0.2, 0.25) is 0 Å². The molecule has 0 aliphatic rings. The molecule has 0 fully saturated rings. The van der Waals surface area contributed by atoms with Crippen molar-refractivity contribution < 1.29 is 5.11 Å². The van der Waals surface area contributed by atoms with E-state index >= 15 is 0 Å². The first-order valence-electron chi connectivity index (χ1n) is 19.9. The highest BCUT2D eigenvalue weighted by atomic mass is 16.3. The molecule has 0 saturated heterocycles. The predicted octanol–water partition coefficient (Wildman–Crippen LogP) is 13.6. The van der Waals surface area contributed by atoms with Gasteiger partial charge in [-0.15, -0.1) is 0 Å². The normalized spacial score (nSPS) is 12.0. The van der Waals surface area contributed by atoms with Gasteiger partial charge in [0.05, 0.1) is 22.6 Å². The summed E-state index contributed by atoms with van der Waals surface area (Å²) in [5.74, 6) is 0.200. The summed E-state index contributed by atoms with van der Waals surface area (Å²) in [7, 11) is 0. The van der Waals surface area contributed by atoms with Crippen LogP contribution in [0.1, 0.15) is 52.7 Å². The van der Waals surface area contributed by atoms with E-state index in [1.807, 2.05) is 42.7 Å². The Morgan fingerprint density at radius 2 is 1.10 bits per heavy atom. The van der Waals surface area contributed by atoms with E-state index in [1.54, 1.807) is 6.07 Å². The summed E-state index contributed by atoms with van der Waals surface area (Å²) < 4.78 is 2.23. The van der Waals surface area contributed by atoms with E-state index in [1.165, 1.54) is 11.1 Å². The van der Waals surface area contributed by atoms with Crippen LogP contribution in [0, 0.1) is 0 Å². The zero-order valence-corrected chi connectivity index (χ0v) is 33.8. The van der Waals surface area contributed by atoms with E-state index in [0.717, 1.165) is 72.4 Å². The number of aromatic nitrogens is 4. The third-order valence-corrected chi connectivity index (χ3v) is 11.1. The minimum atomic E-state index is -0.0354. The molecule has 9 rings (SSSR count). The van der Waals surface area contributed by atoms with Gasteiger partial charge in [-0.25, -0.2) is 9.97 Å². The smallest absolute Gasteiger partial charge is 0.145 e. The molecule has 4 aromatic heterocycles. The van der Waals surface area contributed by atoms with E-state index in [0.29, 0.717) is 11.3 Å². The molecule has 0 spiro atoms. The number of phenolic OH excluding ortho intramolecular Hbond substituents is 1. The Morgan fingerprint density at radius 3 is 1.84 bits per heavy atom. The molecule has 4 heterocycles. The standard InChI is InChI=1S/C53H46N4O/c1-52(2,3)40-27-38(28-41(33-40)53(4,5)6)39-31-47(56-48(32-39)44-18-10-11-20-50(44)58)37-15-12-14-36(26-37)46-30-35(23-25-54-46)34-21-22-49-45(29-34)43-19-13-24-55-51(43)57(49)42-16-8-7-9-17-42/h7-33,58H,1-6H3. The van der Waals surface area contributed by atoms with Crippen molar-refractivity contribution in [3.8, 4) is 67.5 Å². The van der Waals surface area contributed by atoms with E-state index in [4.69, 9.17) is 15.0 Å². The molecule has 0 amide bonds. The first kappa shape index (κ1) is 36.8. The van der Waals surface area contributed by atoms with Gasteiger partial charge in [-0.3, -0.25) is 9.55 Å². The lowest BCUT2D eigenvalue weighted by molar-refractivity contribution is 0.477. The second-order valence-corrected chi connectivity index (χ2v) is 17.2. The van der Waals surface area contributed by atoms with Crippen molar-refractivity contribution in [2.24, 2.45) is 0 Å². The van der Waals surface area contributed by atoms with Gasteiger partial charge >= 0.3 is 0 Å². The Labute approximate surface area is 340 Å². The molecule has 0 atom stereocenters. The van der Waals surface area contributed by atoms with Crippen LogP contribution in [0.3, 0.4) is 0 Å². The van der Waals surface area contributed by atoms with E-state index in [-0.39, 0.29) is 16.6 Å². The van der Waals surface area contributed by atoms with Crippen LogP contribution in [0.4, 0.5) is 0 Å². The van der Waals surface area contributed by atoms with Gasteiger partial charge in [-0.2, -0.15) is 0 Å². The van der Waals surface area contributed by atoms with Gasteiger partial charge in [0.15, 0.2) is 0 Å². The fourth-order valence-corrected chi connectivity index (χ4v) is 7.80. The maximum Gasteiger partial charge on any atom is 0.145 e. The molecule has 284 valence electrons. The minimum absolute atomic E-state index is 0.0354. The maximum absolute atomic E-state index is 11.0. The summed E-state index contributed by atoms with van der Waals surface area (Å²) in [4.78, 5) is 14.9. The maximum atomic E-state index is 11.0. The largest absolute Gasteiger partial charge is 0.507 e. The first-order valence-corrected chi connectivity index (χ1v) is 19.9. The monoisotopic (exact) mass is 754 g/mol. The molecule has 5 nitrogen and oxygen atoms in total. The van der Waals surface area contributed by atoms with Crippen LogP contribution in [-0.2, 0) is 10.8 Å². The van der Waals surface area contributed by atoms with Crippen LogP contribution >= 0.6 is 0 Å². The topological polar surface area (TPSA) is 63.8 Å². The molecule has 9 aromatic rings. The molecule has 0 radical (unpaired) electrons. The molecule has 1 N–H and O–H groups in total. The van der Waals surface area contributed by atoms with Crippen LogP contribution in [0.15, 0.2) is 164 Å². The number of para-hydroxylation sites is 2. The summed E-state index contributed by atoms with van der Waals surface area (Å²) >= 11 is 0. The van der Waals surface area contributed by atoms with Crippen LogP contribution in [-0.4, -0.2) is 24.6 Å². The number of rotatable bonds is 6. The summed E-state index contributed by atoms with van der Waals surface area (Å²) in [6.07, 6.45) is 3.75. The van der Waals surface area contributed by atoms with Crippen LogP contribution < -0.4 is 0 Å². The average molecular weight is 755 g/mol. The highest BCUT2D eigenvalue weighted by molar-refractivity contribution is 6.09. The van der Waals surface area contributed by atoms with Crippen molar-refractivity contribution in [1.29, 1.82) is 0 Å². The van der Waals surface area contributed by atoms with Crippen molar-refractivity contribution in [3.05, 3.63) is 175 Å². The lowest BCUT2D eigenvalue weighted by Crippen LogP contribution is -2.16. The molecule has 0 bridgehead atoms. The summed E-state index contributed by atoms with van der Waals surface area (Å²) in [6, 6.07) is 52.6. The van der Waals surface area contributed by atoms with E-state index in [2.05, 4.69) is 161 Å². The van der Waals surface area contributed by atoms with Gasteiger partial charge in [0.25, 0.3) is 0 Å². The van der Waals surface area contributed by atoms with E-state index in [9.17, 15) is 5.11 Å². The molecule has 0 aliphatic heterocycles. The SMILES string of the molecule is CC(C)(C)c1cc(-c2cc(-c3cccc(-c4cc(-c5ccc6c(c5)c5cccnc5n6-c5ccccc5)ccn4)c3)nc(-c3ccccc3O)c2)cc(C(C)(C)C)c1. The Hall–Kier alpha value is -6.85. The number of hydrogen-bond donors (Lipinski definition) is 1. The zero-order valence-electron chi connectivity index (χ0n) is 33.8. The van der Waals surface area contributed by atoms with Crippen LogP contribution in [0.5, 0.6) is 5.75 Å². The number of phenols is 1. The molecule has 5 aromatic carbocycles. The molecular formula is C53H46N4O. The first-order chi connectivity index (χ1) is 27.9. The Morgan fingerprint density at radius 1 is 0.448 bits per heavy atom. The predicted molar refractivity (Wildman–Crippen MR) is 240 cm³/mol. The van der Waals surface area contributed by atoms with Crippen molar-refractivity contribution in [1.82, 2.24) is 19.5 Å². The Kier molecular flexibility index (Phi) is 9.04. The summed E-state index contributed by atoms with van der Waals surface area (Å²) in [5, 5.41) is 13.3. The molecular weight excluding hydrogens is 709 g/mol. The number of fused-ring (bicyclic) bond motifs is 3. The quantitative estimate of drug-likeness (QED) is 0.184. The fraction of sp³-hybridized carbons (Fsp3) is 0.151. The molecule has 58 heavy (non-hydrogen) atoms. The molecule has 0 aliphatic carbocycles. The number of nitrogens with zero attached hydrogens (tertiary/aromatic N) is 4. The van der Waals surface area contributed by atoms with Gasteiger partial charge in [0, 0.05) is 45.5 Å². The Balaban J connectivity index is 1.14. The number of aromatic hydroxyl groups is 1. The van der Waals surface area contributed by atoms with Gasteiger partial charge < -0.3 is 5.11 Å². The van der Waals surface area contributed by atoms with Gasteiger partial charge in [0.1, 0.15) is 11.4 Å². The second kappa shape index (κ2) is 14.3. The second-order valence-electron chi connectivity index (χ2n) is 17.2. The average Bonchev–Trinajstić information content (AvgIpc) is 3.57. The van der Waals surface area contributed by atoms with Gasteiger partial charge in [-0.1, -0.05) is 114 Å². The molecule has 0 saturated carbocycles. The molecule has 0 unspecified atom stereocenters. The van der Waals surface area contributed by atoms with Gasteiger partial charge in [-0.05, 0) is 123 Å². The highest BCUT2D eigenvalue weighted by Crippen LogP contribution is 2.39. The third kappa shape index (κ3) is 6.94. The zero-order chi connectivity index (χ0) is 40.2.